The zero-order valence-electron chi connectivity index (χ0n) is 12.8. The van der Waals surface area contributed by atoms with Crippen molar-refractivity contribution in [3.8, 4) is 0 Å². The number of alkyl halides is 2. The normalized spacial score (nSPS) is 15.5. The van der Waals surface area contributed by atoms with Crippen LogP contribution >= 0.6 is 23.2 Å². The Bertz CT molecular complexity index is 225. The van der Waals surface area contributed by atoms with Crippen LogP contribution in [0.1, 0.15) is 0 Å². The van der Waals surface area contributed by atoms with E-state index in [-0.39, 0.29) is 2.85 Å². The van der Waals surface area contributed by atoms with Crippen LogP contribution in [0.15, 0.2) is 0 Å². The van der Waals surface area contributed by atoms with E-state index in [0.29, 0.717) is 2.30 Å². The Morgan fingerprint density at radius 3 is 1.00 bits per heavy atom. The Morgan fingerprint density at radius 1 is 0.706 bits per heavy atom. The molecule has 0 aromatic carbocycles. The Kier molecular flexibility index (Phi) is 6.49. The maximum absolute atomic E-state index is 6.29. The number of hydrogen-bond donors (Lipinski definition) is 0. The Labute approximate surface area is 131 Å². The van der Waals surface area contributed by atoms with Crippen LogP contribution < -0.4 is 0 Å². The van der Waals surface area contributed by atoms with Gasteiger partial charge in [0.15, 0.2) is 0 Å². The third-order valence-corrected chi connectivity index (χ3v) is 49.4. The van der Waals surface area contributed by atoms with Gasteiger partial charge in [-0.2, -0.15) is 0 Å². The first-order valence-corrected chi connectivity index (χ1v) is 20.7. The molecule has 0 unspecified atom stereocenters. The van der Waals surface area contributed by atoms with Crippen molar-refractivity contribution in [2.45, 2.75) is 64.1 Å². The summed E-state index contributed by atoms with van der Waals surface area (Å²) in [7, 11) is -3.72. The Hall–Kier alpha value is 2.03. The second-order valence-corrected chi connectivity index (χ2v) is 37.3. The van der Waals surface area contributed by atoms with Crippen LogP contribution in [-0.2, 0) is 0 Å². The second kappa shape index (κ2) is 5.80. The molecule has 0 aliphatic rings. The van der Waals surface area contributed by atoms with E-state index in [1.54, 1.807) is 0 Å². The molecule has 102 valence electrons. The van der Waals surface area contributed by atoms with Crippen molar-refractivity contribution in [1.29, 1.82) is 0 Å². The van der Waals surface area contributed by atoms with Crippen molar-refractivity contribution in [2.24, 2.45) is 0 Å². The Balaban J connectivity index is 5.93. The molecule has 2 radical (unpaired) electrons. The quantitative estimate of drug-likeness (QED) is 0.410. The van der Waals surface area contributed by atoms with Crippen LogP contribution in [0.2, 0.25) is 61.2 Å². The van der Waals surface area contributed by atoms with E-state index in [9.17, 15) is 0 Å². The predicted octanol–water partition coefficient (Wildman–Crippen LogP) is 5.24. The van der Waals surface area contributed by atoms with Gasteiger partial charge in [0.2, 0.25) is 0 Å². The van der Waals surface area contributed by atoms with Crippen LogP contribution in [0, 0.1) is 0 Å². The molecular formula is C11H28Cl2Si3Sn. The molecule has 17 heavy (non-hydrogen) atoms. The van der Waals surface area contributed by atoms with E-state index in [1.165, 1.54) is 0 Å². The van der Waals surface area contributed by atoms with Gasteiger partial charge >= 0.3 is 133 Å². The molecule has 0 nitrogen and oxygen atoms in total. The molecule has 0 amide bonds. The number of rotatable bonds is 5. The van der Waals surface area contributed by atoms with Gasteiger partial charge in [0, 0.05) is 0 Å². The fourth-order valence-corrected chi connectivity index (χ4v) is 53.3. The van der Waals surface area contributed by atoms with Gasteiger partial charge in [-0.15, -0.1) is 0 Å². The fourth-order valence-electron chi connectivity index (χ4n) is 4.19. The molecule has 0 heterocycles. The molecule has 0 saturated carbocycles. The van der Waals surface area contributed by atoms with E-state index in [4.69, 9.17) is 23.2 Å². The summed E-state index contributed by atoms with van der Waals surface area (Å²) in [5.41, 5.74) is 0. The SMILES string of the molecule is C[Si](C)(C)[C]([Sn][CH](Cl)Cl)([Si](C)(C)C)[Si](C)(C)C. The third-order valence-electron chi connectivity index (χ3n) is 3.70. The monoisotopic (exact) mass is 434 g/mol. The van der Waals surface area contributed by atoms with E-state index in [0.717, 1.165) is 0 Å². The minimum absolute atomic E-state index is 0.0382. The van der Waals surface area contributed by atoms with Gasteiger partial charge in [-0.25, -0.2) is 0 Å². The average molecular weight is 434 g/mol. The van der Waals surface area contributed by atoms with E-state index in [2.05, 4.69) is 58.9 Å². The second-order valence-electron chi connectivity index (χ2n) is 7.95. The molecule has 0 aliphatic carbocycles. The molecule has 0 aromatic rings. The standard InChI is InChI=1S/C10H27Si3.CHCl2.Sn/c1-11(2,3)10(12(4,5)6)13(7,8)9;2-1-3;/h1-9H3;1H;. The van der Waals surface area contributed by atoms with Crippen molar-refractivity contribution >= 4 is 68.6 Å². The van der Waals surface area contributed by atoms with Gasteiger partial charge in [0.05, 0.1) is 0 Å². The summed E-state index contributed by atoms with van der Waals surface area (Å²) in [6, 6.07) is 0. The van der Waals surface area contributed by atoms with Crippen molar-refractivity contribution in [2.75, 3.05) is 0 Å². The van der Waals surface area contributed by atoms with Crippen LogP contribution in [-0.4, -0.2) is 48.2 Å². The van der Waals surface area contributed by atoms with E-state index >= 15 is 0 Å². The zero-order valence-corrected chi connectivity index (χ0v) is 20.2. The van der Waals surface area contributed by atoms with Gasteiger partial charge in [-0.1, -0.05) is 0 Å². The van der Waals surface area contributed by atoms with Crippen molar-refractivity contribution in [3.63, 3.8) is 0 Å². The van der Waals surface area contributed by atoms with Gasteiger partial charge in [0.1, 0.15) is 0 Å². The summed E-state index contributed by atoms with van der Waals surface area (Å²) in [5.74, 6) is 0. The molecule has 0 aromatic heterocycles. The molecule has 0 saturated heterocycles. The number of halogens is 2. The Morgan fingerprint density at radius 2 is 0.941 bits per heavy atom. The van der Waals surface area contributed by atoms with Crippen LogP contribution in [0.25, 0.3) is 0 Å². The molecule has 0 rings (SSSR count). The molecule has 0 spiro atoms. The molecule has 0 fully saturated rings. The van der Waals surface area contributed by atoms with E-state index < -0.39 is 45.4 Å². The maximum atomic E-state index is 6.29. The van der Waals surface area contributed by atoms with Gasteiger partial charge < -0.3 is 0 Å². The van der Waals surface area contributed by atoms with Crippen molar-refractivity contribution in [3.05, 3.63) is 0 Å². The van der Waals surface area contributed by atoms with E-state index in [1.807, 2.05) is 0 Å². The summed E-state index contributed by atoms with van der Waals surface area (Å²) in [6.07, 6.45) is 0. The van der Waals surface area contributed by atoms with Gasteiger partial charge in [-0.05, 0) is 0 Å². The molecule has 0 atom stereocenters. The molecular weight excluding hydrogens is 406 g/mol. The first-order chi connectivity index (χ1) is 7.17. The van der Waals surface area contributed by atoms with Crippen molar-refractivity contribution < 1.29 is 0 Å². The molecule has 6 heteroatoms. The first kappa shape index (κ1) is 19.0. The summed E-state index contributed by atoms with van der Waals surface area (Å²) < 4.78 is 0.619. The summed E-state index contributed by atoms with van der Waals surface area (Å²) >= 11 is 11.8. The van der Waals surface area contributed by atoms with Gasteiger partial charge in [-0.3, -0.25) is 0 Å². The third kappa shape index (κ3) is 4.00. The molecule has 0 aliphatic heterocycles. The summed E-state index contributed by atoms with van der Waals surface area (Å²) in [4.78, 5) is 0. The zero-order chi connectivity index (χ0) is 14.3. The molecule has 0 bridgehead atoms. The summed E-state index contributed by atoms with van der Waals surface area (Å²) in [5, 5.41) is 0. The van der Waals surface area contributed by atoms with Crippen LogP contribution in [0.3, 0.4) is 0 Å². The number of hydrogen-bond acceptors (Lipinski definition) is 0. The van der Waals surface area contributed by atoms with Crippen molar-refractivity contribution in [1.82, 2.24) is 0 Å². The summed E-state index contributed by atoms with van der Waals surface area (Å²) in [6.45, 7) is 23.0. The van der Waals surface area contributed by atoms with Gasteiger partial charge in [0.25, 0.3) is 0 Å². The fraction of sp³-hybridized carbons (Fsp3) is 1.00. The van der Waals surface area contributed by atoms with Crippen LogP contribution in [0.5, 0.6) is 0 Å². The van der Waals surface area contributed by atoms with Crippen LogP contribution in [0.4, 0.5) is 0 Å². The predicted molar refractivity (Wildman–Crippen MR) is 94.0 cm³/mol. The molecule has 0 N–H and O–H groups in total. The average Bonchev–Trinajstić information content (AvgIpc) is 1.91. The topological polar surface area (TPSA) is 0 Å². The first-order valence-electron chi connectivity index (χ1n) is 6.23. The minimum atomic E-state index is -1.24.